The van der Waals surface area contributed by atoms with E-state index < -0.39 is 11.6 Å². The van der Waals surface area contributed by atoms with Crippen LogP contribution in [0.5, 0.6) is 0 Å². The van der Waals surface area contributed by atoms with Gasteiger partial charge in [-0.3, -0.25) is 0 Å². The highest BCUT2D eigenvalue weighted by Crippen LogP contribution is 2.18. The highest BCUT2D eigenvalue weighted by Gasteiger charge is 2.33. The quantitative estimate of drug-likeness (QED) is 0.783. The van der Waals surface area contributed by atoms with Crippen molar-refractivity contribution in [3.05, 3.63) is 30.3 Å². The minimum Gasteiger partial charge on any atom is -0.467 e. The second-order valence-electron chi connectivity index (χ2n) is 4.43. The average Bonchev–Trinajstić information content (AvgIpc) is 2.43. The molecule has 0 aliphatic carbocycles. The molecule has 0 aromatic heterocycles. The van der Waals surface area contributed by atoms with E-state index in [2.05, 4.69) is 10.8 Å². The number of nitrogens with zero attached hydrogens (tertiary/aromatic N) is 2. The van der Waals surface area contributed by atoms with Crippen molar-refractivity contribution >= 4 is 11.7 Å². The molecule has 0 aliphatic heterocycles. The van der Waals surface area contributed by atoms with Gasteiger partial charge >= 0.3 is 5.97 Å². The van der Waals surface area contributed by atoms with E-state index in [1.54, 1.807) is 4.90 Å². The van der Waals surface area contributed by atoms with Gasteiger partial charge in [-0.1, -0.05) is 18.2 Å². The third-order valence-electron chi connectivity index (χ3n) is 2.74. The Bertz CT molecular complexity index is 452. The SMILES string of the molecule is COC(=O)C(C)(O)CN(CCC#N)c1ccccc1. The number of rotatable bonds is 6. The zero-order chi connectivity index (χ0) is 14.3. The van der Waals surface area contributed by atoms with E-state index in [0.29, 0.717) is 13.0 Å². The summed E-state index contributed by atoms with van der Waals surface area (Å²) >= 11 is 0. The molecule has 0 saturated carbocycles. The monoisotopic (exact) mass is 262 g/mol. The summed E-state index contributed by atoms with van der Waals surface area (Å²) in [6.45, 7) is 1.92. The molecule has 0 amide bonds. The van der Waals surface area contributed by atoms with Crippen LogP contribution in [0.2, 0.25) is 0 Å². The van der Waals surface area contributed by atoms with E-state index in [1.165, 1.54) is 14.0 Å². The fraction of sp³-hybridized carbons (Fsp3) is 0.429. The molecule has 1 rings (SSSR count). The molecule has 1 unspecified atom stereocenters. The van der Waals surface area contributed by atoms with Crippen LogP contribution in [0, 0.1) is 11.3 Å². The molecule has 0 radical (unpaired) electrons. The number of hydrogen-bond acceptors (Lipinski definition) is 5. The van der Waals surface area contributed by atoms with Gasteiger partial charge in [-0.05, 0) is 19.1 Å². The summed E-state index contributed by atoms with van der Waals surface area (Å²) < 4.78 is 4.58. The predicted molar refractivity (Wildman–Crippen MR) is 71.5 cm³/mol. The van der Waals surface area contributed by atoms with Crippen LogP contribution in [-0.4, -0.2) is 36.9 Å². The van der Waals surface area contributed by atoms with Crippen molar-refractivity contribution in [1.29, 1.82) is 5.26 Å². The number of benzene rings is 1. The van der Waals surface area contributed by atoms with Crippen LogP contribution in [0.15, 0.2) is 30.3 Å². The van der Waals surface area contributed by atoms with E-state index in [9.17, 15) is 9.90 Å². The number of para-hydroxylation sites is 1. The van der Waals surface area contributed by atoms with Crippen LogP contribution >= 0.6 is 0 Å². The molecule has 0 spiro atoms. The van der Waals surface area contributed by atoms with Crippen LogP contribution in [-0.2, 0) is 9.53 Å². The molecule has 102 valence electrons. The number of carbonyl (C=O) groups is 1. The lowest BCUT2D eigenvalue weighted by molar-refractivity contribution is -0.159. The highest BCUT2D eigenvalue weighted by atomic mass is 16.5. The van der Waals surface area contributed by atoms with Gasteiger partial charge in [0.25, 0.3) is 0 Å². The van der Waals surface area contributed by atoms with Gasteiger partial charge < -0.3 is 14.7 Å². The molecular formula is C14H18N2O3. The summed E-state index contributed by atoms with van der Waals surface area (Å²) in [7, 11) is 1.24. The highest BCUT2D eigenvalue weighted by molar-refractivity contribution is 5.79. The van der Waals surface area contributed by atoms with Crippen LogP contribution in [0.4, 0.5) is 5.69 Å². The first-order chi connectivity index (χ1) is 9.01. The van der Waals surface area contributed by atoms with Crippen molar-refractivity contribution in [1.82, 2.24) is 0 Å². The predicted octanol–water partition coefficient (Wildman–Crippen LogP) is 1.33. The lowest BCUT2D eigenvalue weighted by Gasteiger charge is -2.30. The van der Waals surface area contributed by atoms with E-state index in [0.717, 1.165) is 5.69 Å². The largest absolute Gasteiger partial charge is 0.467 e. The number of hydrogen-bond donors (Lipinski definition) is 1. The fourth-order valence-corrected chi connectivity index (χ4v) is 1.78. The molecular weight excluding hydrogens is 244 g/mol. The van der Waals surface area contributed by atoms with Crippen molar-refractivity contribution in [2.24, 2.45) is 0 Å². The molecule has 0 aliphatic rings. The Morgan fingerprint density at radius 1 is 1.47 bits per heavy atom. The second-order valence-corrected chi connectivity index (χ2v) is 4.43. The normalized spacial score (nSPS) is 13.2. The number of esters is 1. The maximum Gasteiger partial charge on any atom is 0.339 e. The Labute approximate surface area is 113 Å². The van der Waals surface area contributed by atoms with Gasteiger partial charge in [0.15, 0.2) is 5.60 Å². The van der Waals surface area contributed by atoms with E-state index in [-0.39, 0.29) is 6.54 Å². The molecule has 1 atom stereocenters. The Hall–Kier alpha value is -2.06. The molecule has 0 fully saturated rings. The second kappa shape index (κ2) is 6.76. The van der Waals surface area contributed by atoms with E-state index >= 15 is 0 Å². The van der Waals surface area contributed by atoms with Gasteiger partial charge in [0.2, 0.25) is 0 Å². The van der Waals surface area contributed by atoms with Gasteiger partial charge in [0.05, 0.1) is 26.1 Å². The first-order valence-corrected chi connectivity index (χ1v) is 5.99. The molecule has 1 aromatic rings. The van der Waals surface area contributed by atoms with Gasteiger partial charge in [0, 0.05) is 12.2 Å². The topological polar surface area (TPSA) is 73.6 Å². The third kappa shape index (κ3) is 4.27. The number of anilines is 1. The smallest absolute Gasteiger partial charge is 0.339 e. The average molecular weight is 262 g/mol. The summed E-state index contributed by atoms with van der Waals surface area (Å²) in [6.07, 6.45) is 0.312. The standard InChI is InChI=1S/C14H18N2O3/c1-14(18,13(17)19-2)11-16(10-6-9-15)12-7-4-3-5-8-12/h3-5,7-8,18H,6,10-11H2,1-2H3. The minimum absolute atomic E-state index is 0.0748. The molecule has 0 saturated heterocycles. The summed E-state index contributed by atoms with van der Waals surface area (Å²) in [5.74, 6) is -0.689. The summed E-state index contributed by atoms with van der Waals surface area (Å²) in [4.78, 5) is 13.3. The van der Waals surface area contributed by atoms with Crippen LogP contribution in [0.25, 0.3) is 0 Å². The number of nitriles is 1. The van der Waals surface area contributed by atoms with Gasteiger partial charge in [-0.25, -0.2) is 4.79 Å². The summed E-state index contributed by atoms with van der Waals surface area (Å²) in [5.41, 5.74) is -0.762. The third-order valence-corrected chi connectivity index (χ3v) is 2.74. The van der Waals surface area contributed by atoms with Gasteiger partial charge in [-0.2, -0.15) is 5.26 Å². The van der Waals surface area contributed by atoms with Crippen molar-refractivity contribution in [3.63, 3.8) is 0 Å². The zero-order valence-corrected chi connectivity index (χ0v) is 11.2. The van der Waals surface area contributed by atoms with Crippen LogP contribution < -0.4 is 4.90 Å². The van der Waals surface area contributed by atoms with E-state index in [1.807, 2.05) is 30.3 Å². The van der Waals surface area contributed by atoms with E-state index in [4.69, 9.17) is 5.26 Å². The lowest BCUT2D eigenvalue weighted by atomic mass is 10.1. The summed E-state index contributed by atoms with van der Waals surface area (Å²) in [5, 5.41) is 18.8. The molecule has 5 nitrogen and oxygen atoms in total. The number of methoxy groups -OCH3 is 1. The molecule has 1 aromatic carbocycles. The molecule has 19 heavy (non-hydrogen) atoms. The fourth-order valence-electron chi connectivity index (χ4n) is 1.78. The van der Waals surface area contributed by atoms with Gasteiger partial charge in [0.1, 0.15) is 0 Å². The number of aliphatic hydroxyl groups is 1. The Morgan fingerprint density at radius 3 is 2.63 bits per heavy atom. The Balaban J connectivity index is 2.87. The van der Waals surface area contributed by atoms with Crippen LogP contribution in [0.3, 0.4) is 0 Å². The molecule has 0 bridgehead atoms. The minimum atomic E-state index is -1.61. The van der Waals surface area contributed by atoms with Gasteiger partial charge in [-0.15, -0.1) is 0 Å². The van der Waals surface area contributed by atoms with Crippen LogP contribution in [0.1, 0.15) is 13.3 Å². The lowest BCUT2D eigenvalue weighted by Crippen LogP contribution is -2.47. The maximum absolute atomic E-state index is 11.5. The molecule has 0 heterocycles. The number of carbonyl (C=O) groups excluding carboxylic acids is 1. The Kier molecular flexibility index (Phi) is 5.34. The Morgan fingerprint density at radius 2 is 2.11 bits per heavy atom. The van der Waals surface area contributed by atoms with Crippen molar-refractivity contribution < 1.29 is 14.6 Å². The first-order valence-electron chi connectivity index (χ1n) is 5.99. The molecule has 1 N–H and O–H groups in total. The van der Waals surface area contributed by atoms with Crippen molar-refractivity contribution in [2.75, 3.05) is 25.1 Å². The first kappa shape index (κ1) is 15.0. The maximum atomic E-state index is 11.5. The zero-order valence-electron chi connectivity index (χ0n) is 11.2. The summed E-state index contributed by atoms with van der Waals surface area (Å²) in [6, 6.07) is 11.4. The number of ether oxygens (including phenoxy) is 1. The van der Waals surface area contributed by atoms with Crippen molar-refractivity contribution in [2.45, 2.75) is 18.9 Å². The van der Waals surface area contributed by atoms with Crippen molar-refractivity contribution in [3.8, 4) is 6.07 Å². The molecule has 5 heteroatoms.